The number of carboxylic acid groups (broad SMARTS) is 1. The Morgan fingerprint density at radius 1 is 0.947 bits per heavy atom. The molecule has 0 aromatic heterocycles. The minimum atomic E-state index is -0.875. The molecule has 19 heavy (non-hydrogen) atoms. The van der Waals surface area contributed by atoms with Gasteiger partial charge in [0.2, 0.25) is 5.91 Å². The average molecular weight is 274 g/mol. The van der Waals surface area contributed by atoms with Crippen LogP contribution in [0.2, 0.25) is 0 Å². The Bertz CT molecular complexity index is 267. The van der Waals surface area contributed by atoms with Gasteiger partial charge >= 0.3 is 5.97 Å². The minimum Gasteiger partial charge on any atom is -0.481 e. The van der Waals surface area contributed by atoms with E-state index in [2.05, 4.69) is 21.3 Å². The van der Waals surface area contributed by atoms with Crippen LogP contribution in [0.3, 0.4) is 0 Å². The maximum absolute atomic E-state index is 11.9. The van der Waals surface area contributed by atoms with Crippen LogP contribution < -0.4 is 21.3 Å². The quantitative estimate of drug-likeness (QED) is 0.323. The third kappa shape index (κ3) is 7.76. The molecule has 0 heterocycles. The maximum atomic E-state index is 11.9. The number of aliphatic carboxylic acids is 1. The Balaban J connectivity index is 4.42. The molecule has 0 saturated carbocycles. The first kappa shape index (κ1) is 17.8. The van der Waals surface area contributed by atoms with Gasteiger partial charge in [0.05, 0.1) is 5.54 Å². The van der Waals surface area contributed by atoms with Crippen molar-refractivity contribution in [1.29, 1.82) is 0 Å². The van der Waals surface area contributed by atoms with Crippen LogP contribution in [0.1, 0.15) is 19.3 Å². The van der Waals surface area contributed by atoms with Crippen LogP contribution in [0.5, 0.6) is 0 Å². The second-order valence-corrected chi connectivity index (χ2v) is 4.67. The molecular weight excluding hydrogens is 248 g/mol. The number of hydrogen-bond donors (Lipinski definition) is 5. The number of hydrogen-bond acceptors (Lipinski definition) is 5. The van der Waals surface area contributed by atoms with E-state index in [-0.39, 0.29) is 18.7 Å². The van der Waals surface area contributed by atoms with Crippen LogP contribution in [0.25, 0.3) is 0 Å². The standard InChI is InChI=1S/C12H26N4O3/c1-13-7-12(8-14-2,9-15-3)16-10(17)5-4-6-11(18)19/h13-15H,4-9H2,1-3H3,(H,16,17)(H,18,19). The normalized spacial score (nSPS) is 11.3. The van der Waals surface area contributed by atoms with Crippen LogP contribution in [0, 0.1) is 0 Å². The first-order chi connectivity index (χ1) is 8.99. The highest BCUT2D eigenvalue weighted by Gasteiger charge is 2.29. The van der Waals surface area contributed by atoms with Crippen molar-refractivity contribution >= 4 is 11.9 Å². The molecule has 0 spiro atoms. The first-order valence-corrected chi connectivity index (χ1v) is 6.46. The predicted molar refractivity (Wildman–Crippen MR) is 74.1 cm³/mol. The van der Waals surface area contributed by atoms with Crippen molar-refractivity contribution in [2.24, 2.45) is 0 Å². The molecule has 0 radical (unpaired) electrons. The van der Waals surface area contributed by atoms with E-state index in [1.54, 1.807) is 0 Å². The highest BCUT2D eigenvalue weighted by Crippen LogP contribution is 2.04. The summed E-state index contributed by atoms with van der Waals surface area (Å²) in [5, 5.41) is 20.7. The highest BCUT2D eigenvalue weighted by molar-refractivity contribution is 5.77. The molecule has 0 unspecified atom stereocenters. The van der Waals surface area contributed by atoms with Gasteiger partial charge in [-0.25, -0.2) is 0 Å². The summed E-state index contributed by atoms with van der Waals surface area (Å²) >= 11 is 0. The lowest BCUT2D eigenvalue weighted by atomic mass is 9.98. The number of carbonyl (C=O) groups is 2. The van der Waals surface area contributed by atoms with Gasteiger partial charge < -0.3 is 26.4 Å². The van der Waals surface area contributed by atoms with Crippen molar-refractivity contribution in [3.8, 4) is 0 Å². The van der Waals surface area contributed by atoms with E-state index in [0.29, 0.717) is 26.1 Å². The number of likely N-dealkylation sites (N-methyl/N-ethyl adjacent to an activating group) is 3. The zero-order chi connectivity index (χ0) is 14.7. The van der Waals surface area contributed by atoms with Gasteiger partial charge in [-0.15, -0.1) is 0 Å². The highest BCUT2D eigenvalue weighted by atomic mass is 16.4. The zero-order valence-electron chi connectivity index (χ0n) is 12.0. The fraction of sp³-hybridized carbons (Fsp3) is 0.833. The van der Waals surface area contributed by atoms with Gasteiger partial charge in [-0.3, -0.25) is 9.59 Å². The van der Waals surface area contributed by atoms with Crippen molar-refractivity contribution < 1.29 is 14.7 Å². The van der Waals surface area contributed by atoms with Gasteiger partial charge in [0.1, 0.15) is 0 Å². The molecule has 0 saturated heterocycles. The zero-order valence-corrected chi connectivity index (χ0v) is 12.0. The third-order valence-corrected chi connectivity index (χ3v) is 2.74. The lowest BCUT2D eigenvalue weighted by molar-refractivity contribution is -0.137. The molecule has 0 aliphatic heterocycles. The molecule has 0 atom stereocenters. The number of carboxylic acids is 1. The Morgan fingerprint density at radius 3 is 1.79 bits per heavy atom. The Labute approximate surface area is 114 Å². The molecule has 0 bridgehead atoms. The molecule has 0 aliphatic rings. The van der Waals surface area contributed by atoms with Crippen LogP contribution >= 0.6 is 0 Å². The van der Waals surface area contributed by atoms with Crippen LogP contribution in [0.4, 0.5) is 0 Å². The van der Waals surface area contributed by atoms with Gasteiger partial charge in [-0.2, -0.15) is 0 Å². The van der Waals surface area contributed by atoms with Crippen molar-refractivity contribution in [2.45, 2.75) is 24.8 Å². The van der Waals surface area contributed by atoms with E-state index in [4.69, 9.17) is 5.11 Å². The van der Waals surface area contributed by atoms with E-state index in [1.807, 2.05) is 21.1 Å². The first-order valence-electron chi connectivity index (χ1n) is 6.46. The molecule has 0 aromatic carbocycles. The number of carbonyl (C=O) groups excluding carboxylic acids is 1. The summed E-state index contributed by atoms with van der Waals surface area (Å²) in [5.41, 5.74) is -0.418. The molecule has 0 fully saturated rings. The van der Waals surface area contributed by atoms with Gasteiger partial charge in [0, 0.05) is 32.5 Å². The average Bonchev–Trinajstić information content (AvgIpc) is 2.29. The van der Waals surface area contributed by atoms with Gasteiger partial charge in [-0.1, -0.05) is 0 Å². The van der Waals surface area contributed by atoms with E-state index < -0.39 is 11.5 Å². The lowest BCUT2D eigenvalue weighted by Crippen LogP contribution is -2.64. The predicted octanol–water partition coefficient (Wildman–Crippen LogP) is -1.25. The molecule has 0 aromatic rings. The molecule has 112 valence electrons. The van der Waals surface area contributed by atoms with E-state index in [1.165, 1.54) is 0 Å². The van der Waals surface area contributed by atoms with Crippen LogP contribution in [-0.4, -0.2) is 63.3 Å². The van der Waals surface area contributed by atoms with Crippen molar-refractivity contribution in [3.63, 3.8) is 0 Å². The topological polar surface area (TPSA) is 102 Å². The number of rotatable bonds is 11. The molecule has 7 heteroatoms. The van der Waals surface area contributed by atoms with Gasteiger partial charge in [0.25, 0.3) is 0 Å². The molecular formula is C12H26N4O3. The van der Waals surface area contributed by atoms with E-state index >= 15 is 0 Å². The molecule has 7 nitrogen and oxygen atoms in total. The summed E-state index contributed by atoms with van der Waals surface area (Å²) in [6, 6.07) is 0. The monoisotopic (exact) mass is 274 g/mol. The summed E-state index contributed by atoms with van der Waals surface area (Å²) in [6.45, 7) is 1.87. The molecule has 1 amide bonds. The number of amides is 1. The van der Waals surface area contributed by atoms with Crippen LogP contribution in [0.15, 0.2) is 0 Å². The SMILES string of the molecule is CNCC(CNC)(CNC)NC(=O)CCCC(=O)O. The summed E-state index contributed by atoms with van der Waals surface area (Å²) < 4.78 is 0. The van der Waals surface area contributed by atoms with E-state index in [0.717, 1.165) is 0 Å². The largest absolute Gasteiger partial charge is 0.481 e. The third-order valence-electron chi connectivity index (χ3n) is 2.74. The molecule has 0 rings (SSSR count). The summed E-state index contributed by atoms with van der Waals surface area (Å²) in [5.74, 6) is -0.998. The Hall–Kier alpha value is -1.18. The Morgan fingerprint density at radius 2 is 1.42 bits per heavy atom. The second-order valence-electron chi connectivity index (χ2n) is 4.67. The smallest absolute Gasteiger partial charge is 0.303 e. The van der Waals surface area contributed by atoms with Gasteiger partial charge in [0.15, 0.2) is 0 Å². The van der Waals surface area contributed by atoms with Crippen molar-refractivity contribution in [1.82, 2.24) is 21.3 Å². The Kier molecular flexibility index (Phi) is 9.11. The summed E-state index contributed by atoms with van der Waals surface area (Å²) in [7, 11) is 5.49. The fourth-order valence-corrected chi connectivity index (χ4v) is 2.09. The van der Waals surface area contributed by atoms with Crippen molar-refractivity contribution in [2.75, 3.05) is 40.8 Å². The second kappa shape index (κ2) is 9.71. The fourth-order valence-electron chi connectivity index (χ4n) is 2.09. The van der Waals surface area contributed by atoms with Crippen molar-refractivity contribution in [3.05, 3.63) is 0 Å². The maximum Gasteiger partial charge on any atom is 0.303 e. The lowest BCUT2D eigenvalue weighted by Gasteiger charge is -2.34. The number of nitrogens with one attached hydrogen (secondary N) is 4. The van der Waals surface area contributed by atoms with Crippen LogP contribution in [-0.2, 0) is 9.59 Å². The summed E-state index contributed by atoms with van der Waals surface area (Å²) in [4.78, 5) is 22.3. The molecule has 5 N–H and O–H groups in total. The molecule has 0 aliphatic carbocycles. The van der Waals surface area contributed by atoms with Gasteiger partial charge in [-0.05, 0) is 27.6 Å². The summed E-state index contributed by atoms with van der Waals surface area (Å²) in [6.07, 6.45) is 0.603. The van der Waals surface area contributed by atoms with E-state index in [9.17, 15) is 9.59 Å². The minimum absolute atomic E-state index is 0.0184.